The van der Waals surface area contributed by atoms with Crippen molar-refractivity contribution in [1.82, 2.24) is 34.9 Å². The van der Waals surface area contributed by atoms with E-state index in [9.17, 15) is 17.6 Å². The third kappa shape index (κ3) is 5.52. The zero-order valence-corrected chi connectivity index (χ0v) is 24.0. The zero-order chi connectivity index (χ0) is 30.6. The Kier molecular flexibility index (Phi) is 6.66. The number of aromatic amines is 2. The maximum atomic E-state index is 15.3. The number of aromatic nitrogens is 6. The molecule has 44 heavy (non-hydrogen) atoms. The van der Waals surface area contributed by atoms with Crippen molar-refractivity contribution < 1.29 is 22.0 Å². The third-order valence-electron chi connectivity index (χ3n) is 7.31. The molecule has 7 rings (SSSR count). The molecule has 0 radical (unpaired) electrons. The topological polar surface area (TPSA) is 158 Å². The van der Waals surface area contributed by atoms with Gasteiger partial charge in [0.15, 0.2) is 5.82 Å². The van der Waals surface area contributed by atoms with Gasteiger partial charge in [-0.2, -0.15) is 5.10 Å². The molecule has 11 nitrogen and oxygen atoms in total. The van der Waals surface area contributed by atoms with Crippen molar-refractivity contribution in [2.24, 2.45) is 5.92 Å². The van der Waals surface area contributed by atoms with Crippen molar-refractivity contribution in [2.75, 3.05) is 11.6 Å². The highest BCUT2D eigenvalue weighted by Gasteiger charge is 2.29. The van der Waals surface area contributed by atoms with Crippen LogP contribution < -0.4 is 10.0 Å². The number of pyridine rings is 2. The Balaban J connectivity index is 1.27. The van der Waals surface area contributed by atoms with Crippen LogP contribution in [-0.4, -0.2) is 50.7 Å². The summed E-state index contributed by atoms with van der Waals surface area (Å²) in [7, 11) is -3.48. The molecule has 1 amide bonds. The number of hydrogen-bond acceptors (Lipinski definition) is 7. The van der Waals surface area contributed by atoms with E-state index < -0.39 is 21.7 Å². The number of H-pyrrole nitrogens is 2. The Bertz CT molecular complexity index is 2210. The number of hydrogen-bond donors (Lipinski definition) is 4. The predicted molar refractivity (Wildman–Crippen MR) is 161 cm³/mol. The minimum absolute atomic E-state index is 0.0281. The summed E-state index contributed by atoms with van der Waals surface area (Å²) < 4.78 is 55.3. The average Bonchev–Trinajstić information content (AvgIpc) is 3.61. The molecule has 222 valence electrons. The van der Waals surface area contributed by atoms with E-state index in [1.54, 1.807) is 42.9 Å². The number of rotatable bonds is 8. The summed E-state index contributed by atoms with van der Waals surface area (Å²) >= 11 is 0. The molecule has 4 heterocycles. The van der Waals surface area contributed by atoms with Crippen molar-refractivity contribution in [2.45, 2.75) is 19.4 Å². The number of amides is 1. The third-order valence-corrected chi connectivity index (χ3v) is 7.98. The van der Waals surface area contributed by atoms with Gasteiger partial charge in [0, 0.05) is 41.4 Å². The number of imidazole rings is 1. The SMILES string of the molecule is CS(=O)(=O)NCc1cc(F)cc(-c2nccc3[nH]c(-c4n[nH]c5c(F)cc(-c6cncc(NC(=O)C7CC7)c6)cc45)nc23)c1. The number of benzene rings is 2. The molecule has 0 atom stereocenters. The van der Waals surface area contributed by atoms with E-state index in [1.165, 1.54) is 18.2 Å². The Labute approximate surface area is 249 Å². The van der Waals surface area contributed by atoms with Gasteiger partial charge in [-0.1, -0.05) is 0 Å². The van der Waals surface area contributed by atoms with Crippen LogP contribution in [0.3, 0.4) is 0 Å². The van der Waals surface area contributed by atoms with Crippen LogP contribution in [0.25, 0.3) is 55.8 Å². The van der Waals surface area contributed by atoms with Crippen molar-refractivity contribution in [3.63, 3.8) is 0 Å². The number of nitrogens with one attached hydrogen (secondary N) is 4. The first kappa shape index (κ1) is 27.7. The smallest absolute Gasteiger partial charge is 0.227 e. The largest absolute Gasteiger partial charge is 0.336 e. The zero-order valence-electron chi connectivity index (χ0n) is 23.1. The van der Waals surface area contributed by atoms with Gasteiger partial charge in [-0.05, 0) is 66.4 Å². The Hall–Kier alpha value is -5.08. The van der Waals surface area contributed by atoms with E-state index >= 15 is 4.39 Å². The highest BCUT2D eigenvalue weighted by molar-refractivity contribution is 7.88. The first-order valence-electron chi connectivity index (χ1n) is 13.6. The van der Waals surface area contributed by atoms with Gasteiger partial charge < -0.3 is 10.3 Å². The van der Waals surface area contributed by atoms with Crippen molar-refractivity contribution >= 4 is 43.6 Å². The van der Waals surface area contributed by atoms with Crippen LogP contribution in [0.4, 0.5) is 14.5 Å². The maximum absolute atomic E-state index is 15.3. The first-order valence-corrected chi connectivity index (χ1v) is 15.5. The van der Waals surface area contributed by atoms with Gasteiger partial charge in [-0.3, -0.25) is 19.9 Å². The first-order chi connectivity index (χ1) is 21.1. The van der Waals surface area contributed by atoms with Crippen molar-refractivity contribution in [1.29, 1.82) is 0 Å². The Morgan fingerprint density at radius 2 is 1.86 bits per heavy atom. The van der Waals surface area contributed by atoms with Gasteiger partial charge >= 0.3 is 0 Å². The summed E-state index contributed by atoms with van der Waals surface area (Å²) in [5.74, 6) is -0.788. The fraction of sp³-hybridized carbons (Fsp3) is 0.167. The van der Waals surface area contributed by atoms with Gasteiger partial charge in [0.25, 0.3) is 0 Å². The lowest BCUT2D eigenvalue weighted by molar-refractivity contribution is -0.117. The molecule has 0 unspecified atom stereocenters. The summed E-state index contributed by atoms with van der Waals surface area (Å²) in [6.07, 6.45) is 7.45. The van der Waals surface area contributed by atoms with Gasteiger partial charge in [0.1, 0.15) is 28.4 Å². The van der Waals surface area contributed by atoms with Crippen LogP contribution in [0.1, 0.15) is 18.4 Å². The van der Waals surface area contributed by atoms with Crippen LogP contribution >= 0.6 is 0 Å². The van der Waals surface area contributed by atoms with E-state index in [4.69, 9.17) is 4.98 Å². The van der Waals surface area contributed by atoms with Crippen LogP contribution in [-0.2, 0) is 21.4 Å². The Morgan fingerprint density at radius 1 is 1.02 bits per heavy atom. The minimum atomic E-state index is -3.48. The fourth-order valence-electron chi connectivity index (χ4n) is 5.04. The molecule has 1 fully saturated rings. The van der Waals surface area contributed by atoms with Gasteiger partial charge in [0.05, 0.1) is 29.4 Å². The molecule has 4 N–H and O–H groups in total. The molecular formula is C30H24F2N8O3S. The van der Waals surface area contributed by atoms with Crippen molar-refractivity contribution in [3.8, 4) is 33.9 Å². The normalized spacial score (nSPS) is 13.5. The molecule has 1 aliphatic rings. The molecular weight excluding hydrogens is 590 g/mol. The lowest BCUT2D eigenvalue weighted by Gasteiger charge is -2.07. The predicted octanol–water partition coefficient (Wildman–Crippen LogP) is 4.91. The second kappa shape index (κ2) is 10.6. The number of halogens is 2. The van der Waals surface area contributed by atoms with Gasteiger partial charge in [-0.25, -0.2) is 26.9 Å². The number of nitrogens with zero attached hydrogens (tertiary/aromatic N) is 4. The molecule has 6 aromatic rings. The second-order valence-corrected chi connectivity index (χ2v) is 12.6. The highest BCUT2D eigenvalue weighted by Crippen LogP contribution is 2.35. The van der Waals surface area contributed by atoms with Crippen LogP contribution in [0.15, 0.2) is 61.1 Å². The molecule has 2 aromatic carbocycles. The van der Waals surface area contributed by atoms with E-state index in [1.807, 2.05) is 0 Å². The van der Waals surface area contributed by atoms with Crippen LogP contribution in [0.5, 0.6) is 0 Å². The maximum Gasteiger partial charge on any atom is 0.227 e. The van der Waals surface area contributed by atoms with Crippen LogP contribution in [0.2, 0.25) is 0 Å². The molecule has 14 heteroatoms. The fourth-order valence-corrected chi connectivity index (χ4v) is 5.47. The molecule has 4 aromatic heterocycles. The number of carbonyl (C=O) groups excluding carboxylic acids is 1. The van der Waals surface area contributed by atoms with Gasteiger partial charge in [0.2, 0.25) is 15.9 Å². The molecule has 0 bridgehead atoms. The summed E-state index contributed by atoms with van der Waals surface area (Å²) in [5, 5.41) is 10.4. The van der Waals surface area contributed by atoms with Crippen molar-refractivity contribution in [3.05, 3.63) is 78.3 Å². The minimum Gasteiger partial charge on any atom is -0.336 e. The molecule has 0 aliphatic heterocycles. The van der Waals surface area contributed by atoms with Gasteiger partial charge in [-0.15, -0.1) is 0 Å². The number of fused-ring (bicyclic) bond motifs is 2. The number of anilines is 1. The van der Waals surface area contributed by atoms with E-state index in [0.717, 1.165) is 19.1 Å². The molecule has 0 spiro atoms. The van der Waals surface area contributed by atoms with E-state index in [2.05, 4.69) is 35.2 Å². The lowest BCUT2D eigenvalue weighted by Crippen LogP contribution is -2.21. The summed E-state index contributed by atoms with van der Waals surface area (Å²) in [4.78, 5) is 28.8. The number of carbonyl (C=O) groups is 1. The highest BCUT2D eigenvalue weighted by atomic mass is 32.2. The summed E-state index contributed by atoms with van der Waals surface area (Å²) in [6.45, 7) is -0.0934. The summed E-state index contributed by atoms with van der Waals surface area (Å²) in [6, 6.07) is 10.8. The van der Waals surface area contributed by atoms with E-state index in [0.29, 0.717) is 61.6 Å². The quantitative estimate of drug-likeness (QED) is 0.190. The average molecular weight is 615 g/mol. The molecule has 1 aliphatic carbocycles. The van der Waals surface area contributed by atoms with E-state index in [-0.39, 0.29) is 23.9 Å². The monoisotopic (exact) mass is 614 g/mol. The lowest BCUT2D eigenvalue weighted by atomic mass is 10.0. The molecule has 0 saturated heterocycles. The molecule has 1 saturated carbocycles. The second-order valence-electron chi connectivity index (χ2n) is 10.8. The summed E-state index contributed by atoms with van der Waals surface area (Å²) in [5.41, 5.74) is 4.38. The Morgan fingerprint density at radius 3 is 2.66 bits per heavy atom. The number of sulfonamides is 1. The van der Waals surface area contributed by atoms with Crippen LogP contribution in [0, 0.1) is 17.6 Å². The standard InChI is InChI=1S/C30H24F2N8O3S/c1-44(42,43)35-12-15-6-18(8-20(31)7-15)25-28-24(4-5-34-25)37-29(38-28)27-22-10-17(11-23(32)26(22)39-40-27)19-9-21(14-33-13-19)36-30(41)16-2-3-16/h4-11,13-14,16,35H,2-3,12H2,1H3,(H,36,41)(H,37,38)(H,39,40).